The molecule has 3 rings (SSSR count). The molecule has 3 aromatic rings. The fraction of sp³-hybridized carbons (Fsp3) is 0.208. The Morgan fingerprint density at radius 3 is 2.59 bits per heavy atom. The quantitative estimate of drug-likeness (QED) is 0.542. The largest absolute Gasteiger partial charge is 0.489 e. The molecule has 0 aliphatic carbocycles. The highest BCUT2D eigenvalue weighted by Gasteiger charge is 2.12. The summed E-state index contributed by atoms with van der Waals surface area (Å²) >= 11 is 0. The molecule has 0 bridgehead atoms. The maximum Gasteiger partial charge on any atom is 0.307 e. The number of carboxylic acids is 1. The summed E-state index contributed by atoms with van der Waals surface area (Å²) in [7, 11) is 0. The molecule has 0 heterocycles. The van der Waals surface area contributed by atoms with Gasteiger partial charge in [-0.3, -0.25) is 4.79 Å². The molecule has 1 unspecified atom stereocenters. The third-order valence-corrected chi connectivity index (χ3v) is 4.92. The summed E-state index contributed by atoms with van der Waals surface area (Å²) in [5.41, 5.74) is 11.7. The van der Waals surface area contributed by atoms with Gasteiger partial charge in [0, 0.05) is 5.56 Å². The Hall–Kier alpha value is -3.15. The van der Waals surface area contributed by atoms with Crippen LogP contribution >= 0.6 is 0 Å². The van der Waals surface area contributed by atoms with Crippen molar-refractivity contribution in [2.45, 2.75) is 26.0 Å². The standard InChI is InChI=1S/C24H25NO4/c1-16-20(9-5-10-21(16)22(25)14-26)18-8-4-6-17(12-18)15-29-23-11-3-2-7-19(23)13-24(27)28/h2-12,22,26H,13-15,25H2,1H3,(H,27,28). The van der Waals surface area contributed by atoms with Crippen LogP contribution in [0.4, 0.5) is 0 Å². The molecule has 150 valence electrons. The first-order chi connectivity index (χ1) is 14.0. The summed E-state index contributed by atoms with van der Waals surface area (Å²) in [6.45, 7) is 2.23. The fourth-order valence-electron chi connectivity index (χ4n) is 3.41. The molecule has 0 aromatic heterocycles. The average molecular weight is 391 g/mol. The van der Waals surface area contributed by atoms with E-state index in [2.05, 4.69) is 6.07 Å². The van der Waals surface area contributed by atoms with Gasteiger partial charge in [0.2, 0.25) is 0 Å². The molecule has 0 fully saturated rings. The minimum Gasteiger partial charge on any atom is -0.489 e. The van der Waals surface area contributed by atoms with Crippen LogP contribution in [0.5, 0.6) is 5.75 Å². The molecule has 0 aliphatic rings. The van der Waals surface area contributed by atoms with Crippen molar-refractivity contribution in [3.05, 3.63) is 89.0 Å². The van der Waals surface area contributed by atoms with Crippen molar-refractivity contribution in [1.82, 2.24) is 0 Å². The third kappa shape index (κ3) is 5.02. The van der Waals surface area contributed by atoms with Crippen molar-refractivity contribution in [2.24, 2.45) is 5.73 Å². The van der Waals surface area contributed by atoms with Crippen LogP contribution in [0.3, 0.4) is 0 Å². The number of aliphatic carboxylic acids is 1. The Bertz CT molecular complexity index is 1000. The molecule has 1 atom stereocenters. The van der Waals surface area contributed by atoms with Gasteiger partial charge in [-0.15, -0.1) is 0 Å². The summed E-state index contributed by atoms with van der Waals surface area (Å²) in [5, 5.41) is 18.5. The van der Waals surface area contributed by atoms with E-state index in [1.54, 1.807) is 18.2 Å². The van der Waals surface area contributed by atoms with Crippen LogP contribution in [0.1, 0.15) is 28.3 Å². The number of benzene rings is 3. The lowest BCUT2D eigenvalue weighted by Crippen LogP contribution is -2.16. The first kappa shape index (κ1) is 20.6. The Morgan fingerprint density at radius 1 is 1.07 bits per heavy atom. The maximum atomic E-state index is 11.0. The number of rotatable bonds is 8. The van der Waals surface area contributed by atoms with Gasteiger partial charge in [0.1, 0.15) is 12.4 Å². The van der Waals surface area contributed by atoms with E-state index in [0.717, 1.165) is 27.8 Å². The molecule has 4 N–H and O–H groups in total. The predicted molar refractivity (Wildman–Crippen MR) is 113 cm³/mol. The maximum absolute atomic E-state index is 11.0. The third-order valence-electron chi connectivity index (χ3n) is 4.92. The monoisotopic (exact) mass is 391 g/mol. The first-order valence-corrected chi connectivity index (χ1v) is 9.47. The van der Waals surface area contributed by atoms with E-state index in [0.29, 0.717) is 17.9 Å². The lowest BCUT2D eigenvalue weighted by molar-refractivity contribution is -0.136. The number of aliphatic hydroxyl groups excluding tert-OH is 1. The van der Waals surface area contributed by atoms with Crippen LogP contribution in [0.15, 0.2) is 66.7 Å². The van der Waals surface area contributed by atoms with E-state index in [1.807, 2.05) is 49.4 Å². The van der Waals surface area contributed by atoms with Crippen LogP contribution in [-0.4, -0.2) is 22.8 Å². The second-order valence-electron chi connectivity index (χ2n) is 6.98. The van der Waals surface area contributed by atoms with Crippen LogP contribution < -0.4 is 10.5 Å². The van der Waals surface area contributed by atoms with Crippen molar-refractivity contribution in [1.29, 1.82) is 0 Å². The molecule has 5 heteroatoms. The van der Waals surface area contributed by atoms with Gasteiger partial charge in [-0.25, -0.2) is 0 Å². The van der Waals surface area contributed by atoms with Crippen LogP contribution in [0, 0.1) is 6.92 Å². The van der Waals surface area contributed by atoms with Gasteiger partial charge >= 0.3 is 5.97 Å². The number of hydrogen-bond donors (Lipinski definition) is 3. The van der Waals surface area contributed by atoms with E-state index in [-0.39, 0.29) is 13.0 Å². The van der Waals surface area contributed by atoms with Crippen molar-refractivity contribution >= 4 is 5.97 Å². The van der Waals surface area contributed by atoms with Crippen LogP contribution in [-0.2, 0) is 17.8 Å². The molecule has 0 saturated heterocycles. The number of aliphatic hydroxyl groups is 1. The minimum absolute atomic E-state index is 0.0761. The number of ether oxygens (including phenoxy) is 1. The molecule has 5 nitrogen and oxygen atoms in total. The molecule has 0 aliphatic heterocycles. The molecule has 29 heavy (non-hydrogen) atoms. The zero-order valence-corrected chi connectivity index (χ0v) is 16.3. The van der Waals surface area contributed by atoms with E-state index >= 15 is 0 Å². The van der Waals surface area contributed by atoms with E-state index < -0.39 is 12.0 Å². The zero-order valence-electron chi connectivity index (χ0n) is 16.3. The predicted octanol–water partition coefficient (Wildman–Crippen LogP) is 3.86. The normalized spacial score (nSPS) is 11.8. The number of carboxylic acid groups (broad SMARTS) is 1. The molecule has 0 amide bonds. The number of carbonyl (C=O) groups is 1. The fourth-order valence-corrected chi connectivity index (χ4v) is 3.41. The summed E-state index contributed by atoms with van der Waals surface area (Å²) in [5.74, 6) is -0.313. The molecular formula is C24H25NO4. The highest BCUT2D eigenvalue weighted by molar-refractivity contribution is 5.71. The van der Waals surface area contributed by atoms with Crippen LogP contribution in [0.25, 0.3) is 11.1 Å². The van der Waals surface area contributed by atoms with Gasteiger partial charge in [0.05, 0.1) is 19.1 Å². The van der Waals surface area contributed by atoms with Crippen molar-refractivity contribution in [3.63, 3.8) is 0 Å². The van der Waals surface area contributed by atoms with Crippen LogP contribution in [0.2, 0.25) is 0 Å². The van der Waals surface area contributed by atoms with E-state index in [1.165, 1.54) is 0 Å². The molecular weight excluding hydrogens is 366 g/mol. The smallest absolute Gasteiger partial charge is 0.307 e. The average Bonchev–Trinajstić information content (AvgIpc) is 2.72. The highest BCUT2D eigenvalue weighted by Crippen LogP contribution is 2.29. The van der Waals surface area contributed by atoms with Gasteiger partial charge in [-0.05, 0) is 46.9 Å². The Balaban J connectivity index is 1.82. The topological polar surface area (TPSA) is 92.8 Å². The van der Waals surface area contributed by atoms with Gasteiger partial charge in [-0.1, -0.05) is 54.6 Å². The zero-order chi connectivity index (χ0) is 20.8. The second-order valence-corrected chi connectivity index (χ2v) is 6.98. The number of para-hydroxylation sites is 1. The lowest BCUT2D eigenvalue weighted by Gasteiger charge is -2.16. The summed E-state index contributed by atoms with van der Waals surface area (Å²) in [6, 6.07) is 20.7. The van der Waals surface area contributed by atoms with Crippen molar-refractivity contribution in [2.75, 3.05) is 6.61 Å². The molecule has 0 spiro atoms. The van der Waals surface area contributed by atoms with E-state index in [4.69, 9.17) is 15.6 Å². The number of nitrogens with two attached hydrogens (primary N) is 1. The number of hydrogen-bond acceptors (Lipinski definition) is 4. The molecule has 0 radical (unpaired) electrons. The van der Waals surface area contributed by atoms with E-state index in [9.17, 15) is 9.90 Å². The highest BCUT2D eigenvalue weighted by atomic mass is 16.5. The van der Waals surface area contributed by atoms with Gasteiger partial charge in [-0.2, -0.15) is 0 Å². The lowest BCUT2D eigenvalue weighted by atomic mass is 9.93. The molecule has 3 aromatic carbocycles. The van der Waals surface area contributed by atoms with Gasteiger partial charge in [0.25, 0.3) is 0 Å². The Labute approximate surface area is 170 Å². The Kier molecular flexibility index (Phi) is 6.65. The van der Waals surface area contributed by atoms with Gasteiger partial charge in [0.15, 0.2) is 0 Å². The summed E-state index contributed by atoms with van der Waals surface area (Å²) < 4.78 is 5.91. The molecule has 0 saturated carbocycles. The second kappa shape index (κ2) is 9.37. The Morgan fingerprint density at radius 2 is 1.83 bits per heavy atom. The summed E-state index contributed by atoms with van der Waals surface area (Å²) in [6.07, 6.45) is -0.0761. The summed E-state index contributed by atoms with van der Waals surface area (Å²) in [4.78, 5) is 11.0. The minimum atomic E-state index is -0.889. The van der Waals surface area contributed by atoms with Crippen molar-refractivity contribution < 1.29 is 19.7 Å². The first-order valence-electron chi connectivity index (χ1n) is 9.47. The van der Waals surface area contributed by atoms with Crippen molar-refractivity contribution in [3.8, 4) is 16.9 Å². The van der Waals surface area contributed by atoms with Gasteiger partial charge < -0.3 is 20.7 Å². The SMILES string of the molecule is Cc1c(-c2cccc(COc3ccccc3CC(=O)O)c2)cccc1C(N)CO.